The first kappa shape index (κ1) is 33.1. The number of rotatable bonds is 7. The van der Waals surface area contributed by atoms with Crippen LogP contribution in [0.5, 0.6) is 0 Å². The summed E-state index contributed by atoms with van der Waals surface area (Å²) in [6.45, 7) is 16.7. The predicted octanol–water partition coefficient (Wildman–Crippen LogP) is 7.07. The number of carbonyl (C=O) groups is 2. The van der Waals surface area contributed by atoms with Crippen molar-refractivity contribution in [2.75, 3.05) is 17.8 Å². The molecule has 3 aromatic rings. The van der Waals surface area contributed by atoms with Gasteiger partial charge in [-0.05, 0) is 137 Å². The van der Waals surface area contributed by atoms with Crippen LogP contribution < -0.4 is 10.0 Å². The Hall–Kier alpha value is -3.85. The lowest BCUT2D eigenvalue weighted by atomic mass is 9.86. The highest BCUT2D eigenvalue weighted by Gasteiger charge is 2.27. The van der Waals surface area contributed by atoms with Gasteiger partial charge in [-0.2, -0.15) is 0 Å². The van der Waals surface area contributed by atoms with Crippen LogP contribution in [0.1, 0.15) is 88.8 Å². The van der Waals surface area contributed by atoms with Crippen molar-refractivity contribution in [2.45, 2.75) is 91.2 Å². The summed E-state index contributed by atoms with van der Waals surface area (Å²) >= 11 is 0. The summed E-state index contributed by atoms with van der Waals surface area (Å²) in [5.74, 6) is 0.197. The lowest BCUT2D eigenvalue weighted by Crippen LogP contribution is -2.38. The number of hydrogen-bond acceptors (Lipinski definition) is 5. The van der Waals surface area contributed by atoms with E-state index in [1.54, 1.807) is 24.3 Å². The van der Waals surface area contributed by atoms with Crippen molar-refractivity contribution in [2.24, 2.45) is 0 Å². The van der Waals surface area contributed by atoms with Crippen molar-refractivity contribution in [3.8, 4) is 0 Å². The van der Waals surface area contributed by atoms with E-state index in [1.807, 2.05) is 78.5 Å². The molecule has 1 fully saturated rings. The quantitative estimate of drug-likeness (QED) is 0.294. The molecule has 0 unspecified atom stereocenters. The van der Waals surface area contributed by atoms with Gasteiger partial charge in [0.2, 0.25) is 0 Å². The number of piperidine rings is 1. The third-order valence-corrected chi connectivity index (χ3v) is 10.3. The molecular formula is C35H45N3O5S. The fraction of sp³-hybridized carbons (Fsp3) is 0.429. The second kappa shape index (κ2) is 13.0. The number of nitrogens with one attached hydrogen (secondary N) is 2. The molecule has 1 aliphatic rings. The van der Waals surface area contributed by atoms with Crippen LogP contribution in [0, 0.1) is 34.6 Å². The van der Waals surface area contributed by atoms with Gasteiger partial charge in [0.15, 0.2) is 0 Å². The Labute approximate surface area is 262 Å². The third-order valence-electron chi connectivity index (χ3n) is 8.68. The van der Waals surface area contributed by atoms with Gasteiger partial charge < -0.3 is 15.0 Å². The molecule has 2 N–H and O–H groups in total. The zero-order chi connectivity index (χ0) is 32.4. The van der Waals surface area contributed by atoms with Crippen molar-refractivity contribution < 1.29 is 22.7 Å². The molecular weight excluding hydrogens is 574 g/mol. The van der Waals surface area contributed by atoms with Gasteiger partial charge in [0, 0.05) is 30.9 Å². The summed E-state index contributed by atoms with van der Waals surface area (Å²) in [6.07, 6.45) is 1.17. The second-order valence-electron chi connectivity index (χ2n) is 12.8. The highest BCUT2D eigenvalue weighted by Crippen LogP contribution is 2.32. The van der Waals surface area contributed by atoms with E-state index in [9.17, 15) is 18.0 Å². The molecule has 0 radical (unpaired) electrons. The Bertz CT molecular complexity index is 1620. The summed E-state index contributed by atoms with van der Waals surface area (Å²) in [6, 6.07) is 14.7. The lowest BCUT2D eigenvalue weighted by molar-refractivity contribution is 0.0522. The maximum absolute atomic E-state index is 13.4. The van der Waals surface area contributed by atoms with Gasteiger partial charge in [0.05, 0.1) is 4.90 Å². The van der Waals surface area contributed by atoms with Crippen molar-refractivity contribution in [1.29, 1.82) is 0 Å². The molecule has 236 valence electrons. The SMILES string of the molecule is Cc1c(C)c(C)c(S(=O)(=O)Nc2ccc(C(=O)N3CCC(c4ccccc4CNC(=O)OC(C)(C)C)CC3)cc2)c(C)c1C. The minimum atomic E-state index is -3.82. The predicted molar refractivity (Wildman–Crippen MR) is 175 cm³/mol. The molecule has 1 heterocycles. The first-order valence-electron chi connectivity index (χ1n) is 15.1. The van der Waals surface area contributed by atoms with Crippen LogP contribution in [-0.2, 0) is 21.3 Å². The Morgan fingerprint density at radius 2 is 1.39 bits per heavy atom. The van der Waals surface area contributed by atoms with E-state index in [1.165, 1.54) is 5.56 Å². The first-order chi connectivity index (χ1) is 20.6. The molecule has 0 saturated carbocycles. The molecule has 8 nitrogen and oxygen atoms in total. The molecule has 0 aliphatic carbocycles. The van der Waals surface area contributed by atoms with Gasteiger partial charge >= 0.3 is 6.09 Å². The Kier molecular flexibility index (Phi) is 9.78. The molecule has 44 heavy (non-hydrogen) atoms. The molecule has 0 aromatic heterocycles. The molecule has 3 aromatic carbocycles. The van der Waals surface area contributed by atoms with Crippen molar-refractivity contribution in [3.05, 3.63) is 93.0 Å². The number of alkyl carbamates (subject to hydrolysis) is 1. The third kappa shape index (κ3) is 7.44. The number of ether oxygens (including phenoxy) is 1. The second-order valence-corrected chi connectivity index (χ2v) is 14.4. The molecule has 0 spiro atoms. The van der Waals surface area contributed by atoms with Crippen molar-refractivity contribution in [1.82, 2.24) is 10.2 Å². The summed E-state index contributed by atoms with van der Waals surface area (Å²) in [7, 11) is -3.82. The van der Waals surface area contributed by atoms with Crippen LogP contribution in [0.2, 0.25) is 0 Å². The number of benzene rings is 3. The first-order valence-corrected chi connectivity index (χ1v) is 16.6. The maximum atomic E-state index is 13.4. The maximum Gasteiger partial charge on any atom is 0.407 e. The number of amides is 2. The fourth-order valence-corrected chi connectivity index (χ4v) is 7.57. The number of nitrogens with zero attached hydrogens (tertiary/aromatic N) is 1. The summed E-state index contributed by atoms with van der Waals surface area (Å²) in [5, 5.41) is 2.86. The van der Waals surface area contributed by atoms with Crippen LogP contribution in [0.25, 0.3) is 0 Å². The normalized spacial score (nSPS) is 14.3. The van der Waals surface area contributed by atoms with E-state index in [4.69, 9.17) is 4.74 Å². The molecule has 0 atom stereocenters. The average Bonchev–Trinajstić information content (AvgIpc) is 2.97. The Morgan fingerprint density at radius 3 is 1.95 bits per heavy atom. The fourth-order valence-electron chi connectivity index (χ4n) is 5.91. The van der Waals surface area contributed by atoms with Gasteiger partial charge in [-0.25, -0.2) is 13.2 Å². The lowest BCUT2D eigenvalue weighted by Gasteiger charge is -2.33. The summed E-state index contributed by atoms with van der Waals surface area (Å²) < 4.78 is 34.9. The van der Waals surface area contributed by atoms with Gasteiger partial charge in [-0.1, -0.05) is 24.3 Å². The molecule has 9 heteroatoms. The molecule has 4 rings (SSSR count). The van der Waals surface area contributed by atoms with Crippen molar-refractivity contribution in [3.63, 3.8) is 0 Å². The van der Waals surface area contributed by atoms with Gasteiger partial charge in [0.25, 0.3) is 15.9 Å². The van der Waals surface area contributed by atoms with E-state index in [0.29, 0.717) is 35.8 Å². The number of sulfonamides is 1. The van der Waals surface area contributed by atoms with E-state index < -0.39 is 21.7 Å². The van der Waals surface area contributed by atoms with Crippen LogP contribution in [0.15, 0.2) is 53.4 Å². The highest BCUT2D eigenvalue weighted by atomic mass is 32.2. The molecule has 0 bridgehead atoms. The largest absolute Gasteiger partial charge is 0.444 e. The van der Waals surface area contributed by atoms with E-state index in [-0.39, 0.29) is 11.8 Å². The number of carbonyl (C=O) groups excluding carboxylic acids is 2. The number of hydrogen-bond donors (Lipinski definition) is 2. The summed E-state index contributed by atoms with van der Waals surface area (Å²) in [5.41, 5.74) is 7.12. The van der Waals surface area contributed by atoms with Gasteiger partial charge in [-0.3, -0.25) is 9.52 Å². The Balaban J connectivity index is 1.39. The van der Waals surface area contributed by atoms with E-state index in [2.05, 4.69) is 16.1 Å². The van der Waals surface area contributed by atoms with Crippen LogP contribution >= 0.6 is 0 Å². The average molecular weight is 620 g/mol. The summed E-state index contributed by atoms with van der Waals surface area (Å²) in [4.78, 5) is 27.7. The highest BCUT2D eigenvalue weighted by molar-refractivity contribution is 7.92. The van der Waals surface area contributed by atoms with E-state index >= 15 is 0 Å². The minimum absolute atomic E-state index is 0.0748. The monoisotopic (exact) mass is 619 g/mol. The van der Waals surface area contributed by atoms with Gasteiger partial charge in [-0.15, -0.1) is 0 Å². The van der Waals surface area contributed by atoms with Crippen LogP contribution in [0.4, 0.5) is 10.5 Å². The zero-order valence-corrected chi connectivity index (χ0v) is 27.9. The van der Waals surface area contributed by atoms with Crippen molar-refractivity contribution >= 4 is 27.7 Å². The standard InChI is InChI=1S/C35H45N3O5S/c1-22-23(2)25(4)32(26(5)24(22)3)44(41,42)37-30-15-13-28(14-16-30)33(39)38-19-17-27(18-20-38)31-12-10-9-11-29(31)21-36-34(40)43-35(6,7)8/h9-16,27,37H,17-21H2,1-8H3,(H,36,40). The minimum Gasteiger partial charge on any atom is -0.444 e. The topological polar surface area (TPSA) is 105 Å². The molecule has 1 aliphatic heterocycles. The molecule has 1 saturated heterocycles. The zero-order valence-electron chi connectivity index (χ0n) is 27.1. The number of anilines is 1. The Morgan fingerprint density at radius 1 is 0.841 bits per heavy atom. The molecule has 2 amide bonds. The smallest absolute Gasteiger partial charge is 0.407 e. The van der Waals surface area contributed by atoms with E-state index in [0.717, 1.165) is 46.2 Å². The van der Waals surface area contributed by atoms with Crippen LogP contribution in [0.3, 0.4) is 0 Å². The van der Waals surface area contributed by atoms with Crippen LogP contribution in [-0.4, -0.2) is 44.0 Å². The van der Waals surface area contributed by atoms with Gasteiger partial charge in [0.1, 0.15) is 5.60 Å². The number of likely N-dealkylation sites (tertiary alicyclic amines) is 1.